The Kier molecular flexibility index (Phi) is 5.46. The molecule has 2 aromatic rings. The van der Waals surface area contributed by atoms with Crippen LogP contribution in [0.4, 0.5) is 5.69 Å². The van der Waals surface area contributed by atoms with E-state index in [-0.39, 0.29) is 16.5 Å². The fourth-order valence-corrected chi connectivity index (χ4v) is 2.65. The van der Waals surface area contributed by atoms with E-state index >= 15 is 0 Å². The van der Waals surface area contributed by atoms with Gasteiger partial charge in [0.2, 0.25) is 5.91 Å². The Morgan fingerprint density at radius 2 is 1.86 bits per heavy atom. The maximum atomic E-state index is 12.2. The van der Waals surface area contributed by atoms with E-state index in [2.05, 4.69) is 5.32 Å². The molecule has 0 aliphatic carbocycles. The standard InChI is InChI=1S/C16H15ClN2O2S/c1-22-9-10-2-4-11(5-3-10)16(21)19-12-6-7-14(17)13(8-12)15(18)20/h2-8H,9H2,1H3,(H2,18,20)(H,19,21). The normalized spacial score (nSPS) is 10.3. The van der Waals surface area contributed by atoms with Gasteiger partial charge in [-0.3, -0.25) is 9.59 Å². The number of carbonyl (C=O) groups is 2. The van der Waals surface area contributed by atoms with Crippen LogP contribution in [0.5, 0.6) is 0 Å². The molecule has 0 aromatic heterocycles. The Morgan fingerprint density at radius 3 is 2.45 bits per heavy atom. The van der Waals surface area contributed by atoms with Crippen molar-refractivity contribution in [3.05, 3.63) is 64.2 Å². The van der Waals surface area contributed by atoms with Crippen molar-refractivity contribution < 1.29 is 9.59 Å². The highest BCUT2D eigenvalue weighted by atomic mass is 35.5. The predicted molar refractivity (Wildman–Crippen MR) is 91.6 cm³/mol. The SMILES string of the molecule is CSCc1ccc(C(=O)Nc2ccc(Cl)c(C(N)=O)c2)cc1. The van der Waals surface area contributed by atoms with Crippen LogP contribution in [0.15, 0.2) is 42.5 Å². The molecule has 0 fully saturated rings. The van der Waals surface area contributed by atoms with Gasteiger partial charge in [0.25, 0.3) is 5.91 Å². The van der Waals surface area contributed by atoms with Crippen molar-refractivity contribution in [3.63, 3.8) is 0 Å². The maximum Gasteiger partial charge on any atom is 0.255 e. The average molecular weight is 335 g/mol. The minimum atomic E-state index is -0.637. The molecule has 114 valence electrons. The number of benzene rings is 2. The van der Waals surface area contributed by atoms with Crippen molar-refractivity contribution in [2.75, 3.05) is 11.6 Å². The molecule has 6 heteroatoms. The van der Waals surface area contributed by atoms with E-state index in [1.165, 1.54) is 12.1 Å². The molecule has 0 saturated carbocycles. The first-order valence-electron chi connectivity index (χ1n) is 6.50. The smallest absolute Gasteiger partial charge is 0.255 e. The molecule has 2 amide bonds. The minimum Gasteiger partial charge on any atom is -0.366 e. The summed E-state index contributed by atoms with van der Waals surface area (Å²) in [6.45, 7) is 0. The van der Waals surface area contributed by atoms with Crippen LogP contribution in [0.25, 0.3) is 0 Å². The lowest BCUT2D eigenvalue weighted by Gasteiger charge is -2.08. The molecular weight excluding hydrogens is 320 g/mol. The Morgan fingerprint density at radius 1 is 1.18 bits per heavy atom. The van der Waals surface area contributed by atoms with E-state index in [1.807, 2.05) is 18.4 Å². The second kappa shape index (κ2) is 7.33. The van der Waals surface area contributed by atoms with Gasteiger partial charge >= 0.3 is 0 Å². The Bertz CT molecular complexity index is 702. The van der Waals surface area contributed by atoms with Crippen molar-refractivity contribution in [2.24, 2.45) is 5.73 Å². The summed E-state index contributed by atoms with van der Waals surface area (Å²) >= 11 is 7.60. The number of primary amides is 1. The fourth-order valence-electron chi connectivity index (χ4n) is 1.91. The molecule has 2 rings (SSSR count). The number of halogens is 1. The van der Waals surface area contributed by atoms with Crippen molar-refractivity contribution in [3.8, 4) is 0 Å². The fraction of sp³-hybridized carbons (Fsp3) is 0.125. The van der Waals surface area contributed by atoms with Gasteiger partial charge in [-0.25, -0.2) is 0 Å². The third-order valence-corrected chi connectivity index (χ3v) is 3.97. The van der Waals surface area contributed by atoms with E-state index in [9.17, 15) is 9.59 Å². The lowest BCUT2D eigenvalue weighted by molar-refractivity contribution is 0.0996. The van der Waals surface area contributed by atoms with Crippen LogP contribution in [0.1, 0.15) is 26.3 Å². The molecular formula is C16H15ClN2O2S. The van der Waals surface area contributed by atoms with E-state index < -0.39 is 5.91 Å². The first-order chi connectivity index (χ1) is 10.5. The van der Waals surface area contributed by atoms with Gasteiger partial charge in [-0.15, -0.1) is 0 Å². The second-order valence-corrected chi connectivity index (χ2v) is 5.92. The topological polar surface area (TPSA) is 72.2 Å². The average Bonchev–Trinajstić information content (AvgIpc) is 2.50. The maximum absolute atomic E-state index is 12.2. The highest BCUT2D eigenvalue weighted by molar-refractivity contribution is 7.97. The number of rotatable bonds is 5. The highest BCUT2D eigenvalue weighted by Crippen LogP contribution is 2.21. The Balaban J connectivity index is 2.14. The van der Waals surface area contributed by atoms with Crippen LogP contribution in [0, 0.1) is 0 Å². The van der Waals surface area contributed by atoms with Gasteiger partial charge in [0.05, 0.1) is 10.6 Å². The van der Waals surface area contributed by atoms with Crippen molar-refractivity contribution >= 4 is 40.9 Å². The number of thioether (sulfide) groups is 1. The van der Waals surface area contributed by atoms with Crippen molar-refractivity contribution in [1.82, 2.24) is 0 Å². The molecule has 22 heavy (non-hydrogen) atoms. The number of nitrogens with two attached hydrogens (primary N) is 1. The lowest BCUT2D eigenvalue weighted by atomic mass is 10.1. The summed E-state index contributed by atoms with van der Waals surface area (Å²) in [4.78, 5) is 23.4. The number of anilines is 1. The van der Waals surface area contributed by atoms with Crippen LogP contribution < -0.4 is 11.1 Å². The number of hydrogen-bond acceptors (Lipinski definition) is 3. The molecule has 0 atom stereocenters. The molecule has 0 heterocycles. The quantitative estimate of drug-likeness (QED) is 0.878. The number of hydrogen-bond donors (Lipinski definition) is 2. The summed E-state index contributed by atoms with van der Waals surface area (Å²) < 4.78 is 0. The second-order valence-electron chi connectivity index (χ2n) is 4.64. The van der Waals surface area contributed by atoms with Crippen molar-refractivity contribution in [1.29, 1.82) is 0 Å². The van der Waals surface area contributed by atoms with Gasteiger partial charge in [-0.05, 0) is 42.2 Å². The van der Waals surface area contributed by atoms with Gasteiger partial charge in [-0.2, -0.15) is 11.8 Å². The molecule has 0 saturated heterocycles. The highest BCUT2D eigenvalue weighted by Gasteiger charge is 2.10. The largest absolute Gasteiger partial charge is 0.366 e. The Hall–Kier alpha value is -1.98. The minimum absolute atomic E-state index is 0.176. The monoisotopic (exact) mass is 334 g/mol. The van der Waals surface area contributed by atoms with Gasteiger partial charge in [0.15, 0.2) is 0 Å². The third kappa shape index (κ3) is 4.02. The first kappa shape index (κ1) is 16.4. The molecule has 3 N–H and O–H groups in total. The van der Waals surface area contributed by atoms with E-state index in [0.717, 1.165) is 11.3 Å². The van der Waals surface area contributed by atoms with E-state index in [0.29, 0.717) is 11.3 Å². The molecule has 0 radical (unpaired) electrons. The summed E-state index contributed by atoms with van der Waals surface area (Å²) in [7, 11) is 0. The van der Waals surface area contributed by atoms with Crippen LogP contribution >= 0.6 is 23.4 Å². The molecule has 0 bridgehead atoms. The summed E-state index contributed by atoms with van der Waals surface area (Å²) in [6.07, 6.45) is 2.03. The van der Waals surface area contributed by atoms with Gasteiger partial charge in [0.1, 0.15) is 0 Å². The summed E-state index contributed by atoms with van der Waals surface area (Å²) in [5, 5.41) is 2.98. The number of carbonyl (C=O) groups excluding carboxylic acids is 2. The summed E-state index contributed by atoms with van der Waals surface area (Å²) in [6, 6.07) is 12.0. The van der Waals surface area contributed by atoms with Crippen LogP contribution in [-0.2, 0) is 5.75 Å². The zero-order chi connectivity index (χ0) is 16.1. The molecule has 0 aliphatic rings. The van der Waals surface area contributed by atoms with Gasteiger partial charge in [0, 0.05) is 17.0 Å². The molecule has 0 unspecified atom stereocenters. The van der Waals surface area contributed by atoms with Crippen molar-refractivity contribution in [2.45, 2.75) is 5.75 Å². The molecule has 4 nitrogen and oxygen atoms in total. The Labute approximate surface area is 138 Å². The summed E-state index contributed by atoms with van der Waals surface area (Å²) in [5.74, 6) is 0.0112. The van der Waals surface area contributed by atoms with E-state index in [4.69, 9.17) is 17.3 Å². The summed E-state index contributed by atoms with van der Waals surface area (Å²) in [5.41, 5.74) is 7.58. The van der Waals surface area contributed by atoms with Gasteiger partial charge in [-0.1, -0.05) is 23.7 Å². The molecule has 2 aromatic carbocycles. The third-order valence-electron chi connectivity index (χ3n) is 3.02. The lowest BCUT2D eigenvalue weighted by Crippen LogP contribution is -2.15. The zero-order valence-corrected chi connectivity index (χ0v) is 13.5. The molecule has 0 spiro atoms. The zero-order valence-electron chi connectivity index (χ0n) is 11.9. The number of amides is 2. The van der Waals surface area contributed by atoms with E-state index in [1.54, 1.807) is 30.0 Å². The number of nitrogens with one attached hydrogen (secondary N) is 1. The first-order valence-corrected chi connectivity index (χ1v) is 8.27. The van der Waals surface area contributed by atoms with Crippen LogP contribution in [-0.4, -0.2) is 18.1 Å². The van der Waals surface area contributed by atoms with Gasteiger partial charge < -0.3 is 11.1 Å². The molecule has 0 aliphatic heterocycles. The van der Waals surface area contributed by atoms with Crippen LogP contribution in [0.2, 0.25) is 5.02 Å². The van der Waals surface area contributed by atoms with Crippen LogP contribution in [0.3, 0.4) is 0 Å². The predicted octanol–water partition coefficient (Wildman–Crippen LogP) is 3.55.